The number of aromatic amines is 2. The van der Waals surface area contributed by atoms with Crippen LogP contribution in [0.4, 0.5) is 0 Å². The Morgan fingerprint density at radius 1 is 0.595 bits per heavy atom. The Balaban J connectivity index is 2.05. The van der Waals surface area contributed by atoms with Gasteiger partial charge in [0.1, 0.15) is 11.4 Å². The summed E-state index contributed by atoms with van der Waals surface area (Å²) in [6.07, 6.45) is 2.82. The van der Waals surface area contributed by atoms with Gasteiger partial charge in [-0.15, -0.1) is 0 Å². The fraction of sp³-hybridized carbons (Fsp3) is 0.278. The number of rotatable bonds is 9. The predicted octanol–water partition coefficient (Wildman–Crippen LogP) is 7.07. The zero-order valence-corrected chi connectivity index (χ0v) is 24.6. The first-order valence-corrected chi connectivity index (χ1v) is 14.5. The Morgan fingerprint density at radius 2 is 0.976 bits per heavy atom. The van der Waals surface area contributed by atoms with Crippen LogP contribution in [0.5, 0.6) is 0 Å². The van der Waals surface area contributed by atoms with E-state index in [4.69, 9.17) is 9.47 Å². The van der Waals surface area contributed by atoms with Gasteiger partial charge in [0.05, 0.1) is 35.7 Å². The molecule has 4 aromatic rings. The summed E-state index contributed by atoms with van der Waals surface area (Å²) in [7, 11) is 0. The lowest BCUT2D eigenvalue weighted by Gasteiger charge is -2.03. The van der Waals surface area contributed by atoms with Crippen molar-refractivity contribution in [2.45, 2.75) is 53.4 Å². The molecule has 6 heteroatoms. The number of carbonyl (C=O) groups is 2. The van der Waals surface area contributed by atoms with E-state index in [9.17, 15) is 9.59 Å². The predicted molar refractivity (Wildman–Crippen MR) is 165 cm³/mol. The lowest BCUT2D eigenvalue weighted by atomic mass is 9.98. The summed E-state index contributed by atoms with van der Waals surface area (Å²) in [6.45, 7) is 8.16. The van der Waals surface area contributed by atoms with Crippen molar-refractivity contribution in [1.29, 1.82) is 0 Å². The highest BCUT2D eigenvalue weighted by atomic mass is 16.5. The van der Waals surface area contributed by atoms with Gasteiger partial charge in [0.15, 0.2) is 0 Å². The first kappa shape index (κ1) is 30.0. The van der Waals surface area contributed by atoms with Crippen LogP contribution in [0.3, 0.4) is 0 Å². The zero-order chi connectivity index (χ0) is 29.9. The molecular weight excluding hydrogens is 524 g/mol. The molecular formula is C36H36N2O4. The van der Waals surface area contributed by atoms with Crippen LogP contribution >= 0.6 is 0 Å². The second-order valence-electron chi connectivity index (χ2n) is 9.63. The average molecular weight is 561 g/mol. The standard InChI is InChI=1S/C36H36N2O4/c1-5-15-27-29(23-21-25-17-11-9-12-18-25)31(37-33(27)35(39)41-7-3)32-30(24-22-26-19-13-10-14-20-26)28(16-6-2)34(38-32)36(40)42-8-4/h9-14,17-20,37-38H,5-8,15-16H2,1-4H3. The van der Waals surface area contributed by atoms with Crippen molar-refractivity contribution in [3.05, 3.63) is 105 Å². The molecule has 2 N–H and O–H groups in total. The molecule has 2 heterocycles. The highest BCUT2D eigenvalue weighted by Gasteiger charge is 2.28. The SMILES string of the molecule is CCCc1c(C(=O)OCC)[nH]c(-c2[nH]c(C(=O)OCC)c(CCC)c2C#Cc2ccccc2)c1C#Cc1ccccc1. The number of hydrogen-bond acceptors (Lipinski definition) is 4. The third-order valence-electron chi connectivity index (χ3n) is 6.63. The summed E-state index contributed by atoms with van der Waals surface area (Å²) < 4.78 is 10.8. The van der Waals surface area contributed by atoms with Crippen molar-refractivity contribution in [2.24, 2.45) is 0 Å². The van der Waals surface area contributed by atoms with E-state index < -0.39 is 11.9 Å². The molecule has 0 aliphatic carbocycles. The van der Waals surface area contributed by atoms with Crippen LogP contribution < -0.4 is 0 Å². The van der Waals surface area contributed by atoms with Crippen LogP contribution in [-0.4, -0.2) is 35.1 Å². The van der Waals surface area contributed by atoms with Gasteiger partial charge >= 0.3 is 11.9 Å². The fourth-order valence-corrected chi connectivity index (χ4v) is 4.80. The third-order valence-corrected chi connectivity index (χ3v) is 6.63. The Hall–Kier alpha value is -4.94. The van der Waals surface area contributed by atoms with E-state index in [0.717, 1.165) is 35.1 Å². The van der Waals surface area contributed by atoms with Crippen LogP contribution in [0.2, 0.25) is 0 Å². The normalized spacial score (nSPS) is 10.3. The van der Waals surface area contributed by atoms with E-state index in [-0.39, 0.29) is 13.2 Å². The lowest BCUT2D eigenvalue weighted by molar-refractivity contribution is 0.0509. The fourth-order valence-electron chi connectivity index (χ4n) is 4.80. The molecule has 0 amide bonds. The molecule has 0 spiro atoms. The number of benzene rings is 2. The number of carbonyl (C=O) groups excluding carboxylic acids is 2. The topological polar surface area (TPSA) is 84.2 Å². The van der Waals surface area contributed by atoms with Gasteiger partial charge in [-0.2, -0.15) is 0 Å². The van der Waals surface area contributed by atoms with Crippen LogP contribution in [0.25, 0.3) is 11.4 Å². The van der Waals surface area contributed by atoms with Crippen molar-refractivity contribution in [2.75, 3.05) is 13.2 Å². The molecule has 6 nitrogen and oxygen atoms in total. The van der Waals surface area contributed by atoms with Crippen molar-refractivity contribution in [3.63, 3.8) is 0 Å². The molecule has 2 aromatic carbocycles. The molecule has 0 saturated heterocycles. The summed E-state index contributed by atoms with van der Waals surface area (Å²) in [4.78, 5) is 33.0. The Morgan fingerprint density at radius 3 is 1.31 bits per heavy atom. The average Bonchev–Trinajstić information content (AvgIpc) is 3.54. The summed E-state index contributed by atoms with van der Waals surface area (Å²) in [5, 5.41) is 0. The third kappa shape index (κ3) is 6.85. The molecule has 0 aliphatic heterocycles. The Labute approximate surface area is 247 Å². The number of aromatic nitrogens is 2. The quantitative estimate of drug-likeness (QED) is 0.169. The minimum absolute atomic E-state index is 0.244. The van der Waals surface area contributed by atoms with E-state index >= 15 is 0 Å². The van der Waals surface area contributed by atoms with Gasteiger partial charge in [-0.05, 0) is 51.0 Å². The molecule has 0 bridgehead atoms. The van der Waals surface area contributed by atoms with Crippen molar-refractivity contribution < 1.29 is 19.1 Å². The summed E-state index contributed by atoms with van der Waals surface area (Å²) >= 11 is 0. The van der Waals surface area contributed by atoms with Gasteiger partial charge < -0.3 is 19.4 Å². The molecule has 0 unspecified atom stereocenters. The Kier molecular flexibility index (Phi) is 10.5. The highest BCUT2D eigenvalue weighted by molar-refractivity contribution is 5.95. The van der Waals surface area contributed by atoms with Crippen LogP contribution in [-0.2, 0) is 22.3 Å². The monoisotopic (exact) mass is 560 g/mol. The van der Waals surface area contributed by atoms with E-state index in [0.29, 0.717) is 46.7 Å². The summed E-state index contributed by atoms with van der Waals surface area (Å²) in [6, 6.07) is 19.4. The molecule has 0 fully saturated rings. The van der Waals surface area contributed by atoms with E-state index in [1.165, 1.54) is 0 Å². The number of nitrogens with one attached hydrogen (secondary N) is 2. The minimum atomic E-state index is -0.446. The second kappa shape index (κ2) is 14.6. The maximum absolute atomic E-state index is 13.2. The number of ether oxygens (including phenoxy) is 2. The smallest absolute Gasteiger partial charge is 0.355 e. The van der Waals surface area contributed by atoms with Crippen molar-refractivity contribution in [1.82, 2.24) is 9.97 Å². The zero-order valence-electron chi connectivity index (χ0n) is 24.6. The van der Waals surface area contributed by atoms with Crippen LogP contribution in [0, 0.1) is 23.7 Å². The van der Waals surface area contributed by atoms with Gasteiger partial charge in [0, 0.05) is 22.3 Å². The maximum atomic E-state index is 13.2. The molecule has 0 atom stereocenters. The number of H-pyrrole nitrogens is 2. The molecule has 2 aromatic heterocycles. The lowest BCUT2D eigenvalue weighted by Crippen LogP contribution is -2.08. The molecule has 42 heavy (non-hydrogen) atoms. The largest absolute Gasteiger partial charge is 0.461 e. The van der Waals surface area contributed by atoms with Gasteiger partial charge in [0.25, 0.3) is 0 Å². The van der Waals surface area contributed by atoms with Crippen molar-refractivity contribution >= 4 is 11.9 Å². The Bertz CT molecular complexity index is 1530. The molecule has 0 saturated carbocycles. The first-order chi connectivity index (χ1) is 20.5. The summed E-state index contributed by atoms with van der Waals surface area (Å²) in [5.74, 6) is 12.3. The highest BCUT2D eigenvalue weighted by Crippen LogP contribution is 2.34. The van der Waals surface area contributed by atoms with E-state index in [1.807, 2.05) is 60.7 Å². The summed E-state index contributed by atoms with van der Waals surface area (Å²) in [5.41, 5.74) is 6.50. The molecule has 4 rings (SSSR count). The van der Waals surface area contributed by atoms with Gasteiger partial charge in [0.2, 0.25) is 0 Å². The van der Waals surface area contributed by atoms with Crippen LogP contribution in [0.1, 0.15) is 94.9 Å². The number of hydrogen-bond donors (Lipinski definition) is 2. The first-order valence-electron chi connectivity index (χ1n) is 14.5. The molecule has 0 radical (unpaired) electrons. The molecule has 214 valence electrons. The maximum Gasteiger partial charge on any atom is 0.355 e. The molecule has 0 aliphatic rings. The van der Waals surface area contributed by atoms with Gasteiger partial charge in [-0.25, -0.2) is 9.59 Å². The van der Waals surface area contributed by atoms with Crippen molar-refractivity contribution in [3.8, 4) is 35.1 Å². The van der Waals surface area contributed by atoms with E-state index in [2.05, 4.69) is 47.5 Å². The van der Waals surface area contributed by atoms with Crippen LogP contribution in [0.15, 0.2) is 60.7 Å². The van der Waals surface area contributed by atoms with Gasteiger partial charge in [-0.3, -0.25) is 0 Å². The van der Waals surface area contributed by atoms with Gasteiger partial charge in [-0.1, -0.05) is 86.8 Å². The van der Waals surface area contributed by atoms with E-state index in [1.54, 1.807) is 13.8 Å². The minimum Gasteiger partial charge on any atom is -0.461 e. The second-order valence-corrected chi connectivity index (χ2v) is 9.63. The number of esters is 2.